The van der Waals surface area contributed by atoms with E-state index in [0.29, 0.717) is 19.5 Å². The lowest BCUT2D eigenvalue weighted by Gasteiger charge is -2.36. The number of amides is 1. The minimum atomic E-state index is 0.0108. The van der Waals surface area contributed by atoms with Gasteiger partial charge in [0, 0.05) is 49.0 Å². The molecular formula is C23H31N3O2S. The first kappa shape index (κ1) is 21.7. The molecule has 1 saturated heterocycles. The zero-order valence-corrected chi connectivity index (χ0v) is 18.2. The van der Waals surface area contributed by atoms with Crippen LogP contribution in [0.25, 0.3) is 0 Å². The van der Waals surface area contributed by atoms with E-state index in [2.05, 4.69) is 71.4 Å². The van der Waals surface area contributed by atoms with Gasteiger partial charge in [0.05, 0.1) is 12.4 Å². The summed E-state index contributed by atoms with van der Waals surface area (Å²) >= 11 is 1.83. The second-order valence-corrected chi connectivity index (χ2v) is 8.61. The van der Waals surface area contributed by atoms with Crippen LogP contribution < -0.4 is 10.2 Å². The minimum Gasteiger partial charge on any atom is -0.396 e. The fourth-order valence-electron chi connectivity index (χ4n) is 3.51. The van der Waals surface area contributed by atoms with Gasteiger partial charge in [0.15, 0.2) is 0 Å². The number of nitrogens with zero attached hydrogens (tertiary/aromatic N) is 2. The van der Waals surface area contributed by atoms with E-state index in [9.17, 15) is 4.79 Å². The van der Waals surface area contributed by atoms with Crippen molar-refractivity contribution in [1.29, 1.82) is 0 Å². The SMILES string of the molecule is Cc1ccc(Sc2ccccc2N2CCN(CNC(=O)CCCO)CC2)c(C)c1. The van der Waals surface area contributed by atoms with Gasteiger partial charge in [-0.3, -0.25) is 9.69 Å². The lowest BCUT2D eigenvalue weighted by atomic mass is 10.2. The summed E-state index contributed by atoms with van der Waals surface area (Å²) in [7, 11) is 0. The molecule has 1 aliphatic rings. The average Bonchev–Trinajstić information content (AvgIpc) is 2.73. The predicted octanol–water partition coefficient (Wildman–Crippen LogP) is 3.42. The lowest BCUT2D eigenvalue weighted by molar-refractivity contribution is -0.122. The number of rotatable bonds is 8. The third-order valence-electron chi connectivity index (χ3n) is 5.19. The quantitative estimate of drug-likeness (QED) is 0.695. The molecule has 2 aromatic carbocycles. The summed E-state index contributed by atoms with van der Waals surface area (Å²) in [5, 5.41) is 11.8. The van der Waals surface area contributed by atoms with E-state index in [4.69, 9.17) is 5.11 Å². The number of nitrogens with one attached hydrogen (secondary N) is 1. The summed E-state index contributed by atoms with van der Waals surface area (Å²) in [6.45, 7) is 8.66. The molecule has 156 valence electrons. The Labute approximate surface area is 178 Å². The van der Waals surface area contributed by atoms with E-state index in [1.165, 1.54) is 26.6 Å². The van der Waals surface area contributed by atoms with Gasteiger partial charge in [0.25, 0.3) is 0 Å². The number of hydrogen-bond donors (Lipinski definition) is 2. The van der Waals surface area contributed by atoms with Gasteiger partial charge >= 0.3 is 0 Å². The van der Waals surface area contributed by atoms with E-state index in [-0.39, 0.29) is 12.5 Å². The van der Waals surface area contributed by atoms with Gasteiger partial charge in [-0.15, -0.1) is 0 Å². The van der Waals surface area contributed by atoms with Gasteiger partial charge in [0.1, 0.15) is 0 Å². The molecule has 1 aliphatic heterocycles. The van der Waals surface area contributed by atoms with Crippen LogP contribution in [0.5, 0.6) is 0 Å². The van der Waals surface area contributed by atoms with Gasteiger partial charge < -0.3 is 15.3 Å². The Morgan fingerprint density at radius 2 is 1.83 bits per heavy atom. The maximum atomic E-state index is 11.7. The molecule has 1 heterocycles. The monoisotopic (exact) mass is 413 g/mol. The number of aliphatic hydroxyl groups is 1. The Balaban J connectivity index is 1.58. The number of piperazine rings is 1. The summed E-state index contributed by atoms with van der Waals surface area (Å²) in [5.41, 5.74) is 3.88. The van der Waals surface area contributed by atoms with Crippen molar-refractivity contribution in [2.24, 2.45) is 0 Å². The summed E-state index contributed by atoms with van der Waals surface area (Å²) < 4.78 is 0. The van der Waals surface area contributed by atoms with Crippen molar-refractivity contribution in [3.63, 3.8) is 0 Å². The van der Waals surface area contributed by atoms with Crippen LogP contribution in [0.1, 0.15) is 24.0 Å². The molecule has 0 radical (unpaired) electrons. The minimum absolute atomic E-state index is 0.0108. The van der Waals surface area contributed by atoms with Crippen molar-refractivity contribution in [2.75, 3.05) is 44.4 Å². The van der Waals surface area contributed by atoms with Crippen LogP contribution in [0, 0.1) is 13.8 Å². The first-order valence-electron chi connectivity index (χ1n) is 10.3. The van der Waals surface area contributed by atoms with Crippen molar-refractivity contribution in [1.82, 2.24) is 10.2 Å². The molecule has 1 amide bonds. The van der Waals surface area contributed by atoms with Gasteiger partial charge in [-0.2, -0.15) is 0 Å². The van der Waals surface area contributed by atoms with E-state index in [1.54, 1.807) is 0 Å². The van der Waals surface area contributed by atoms with Crippen LogP contribution in [-0.4, -0.2) is 55.4 Å². The van der Waals surface area contributed by atoms with Gasteiger partial charge in [-0.25, -0.2) is 0 Å². The van der Waals surface area contributed by atoms with Crippen LogP contribution in [0.3, 0.4) is 0 Å². The molecule has 0 saturated carbocycles. The maximum Gasteiger partial charge on any atom is 0.221 e. The van der Waals surface area contributed by atoms with Crippen LogP contribution in [0.2, 0.25) is 0 Å². The van der Waals surface area contributed by atoms with Crippen LogP contribution >= 0.6 is 11.8 Å². The number of hydrogen-bond acceptors (Lipinski definition) is 5. The van der Waals surface area contributed by atoms with Crippen molar-refractivity contribution < 1.29 is 9.90 Å². The van der Waals surface area contributed by atoms with E-state index in [0.717, 1.165) is 26.2 Å². The molecule has 5 nitrogen and oxygen atoms in total. The first-order valence-corrected chi connectivity index (χ1v) is 11.1. The van der Waals surface area contributed by atoms with E-state index in [1.807, 2.05) is 11.8 Å². The third-order valence-corrected chi connectivity index (χ3v) is 6.43. The number of carbonyl (C=O) groups is 1. The Kier molecular flexibility index (Phi) is 7.98. The van der Waals surface area contributed by atoms with Crippen molar-refractivity contribution >= 4 is 23.4 Å². The zero-order chi connectivity index (χ0) is 20.6. The summed E-state index contributed by atoms with van der Waals surface area (Å²) in [6, 6.07) is 15.2. The maximum absolute atomic E-state index is 11.7. The highest BCUT2D eigenvalue weighted by Gasteiger charge is 2.20. The Morgan fingerprint density at radius 3 is 2.55 bits per heavy atom. The summed E-state index contributed by atoms with van der Waals surface area (Å²) in [5.74, 6) is 0.0108. The molecule has 29 heavy (non-hydrogen) atoms. The Hall–Kier alpha value is -2.02. The van der Waals surface area contributed by atoms with E-state index < -0.39 is 0 Å². The van der Waals surface area contributed by atoms with Crippen LogP contribution in [0.4, 0.5) is 5.69 Å². The number of anilines is 1. The van der Waals surface area contributed by atoms with Crippen LogP contribution in [0.15, 0.2) is 52.3 Å². The van der Waals surface area contributed by atoms with Gasteiger partial charge in [-0.1, -0.05) is 41.6 Å². The van der Waals surface area contributed by atoms with Crippen molar-refractivity contribution in [3.8, 4) is 0 Å². The fraction of sp³-hybridized carbons (Fsp3) is 0.435. The number of benzene rings is 2. The van der Waals surface area contributed by atoms with Crippen molar-refractivity contribution in [3.05, 3.63) is 53.6 Å². The Bertz CT molecular complexity index is 820. The molecule has 6 heteroatoms. The highest BCUT2D eigenvalue weighted by Crippen LogP contribution is 2.37. The molecule has 1 fully saturated rings. The molecule has 0 atom stereocenters. The third kappa shape index (κ3) is 6.23. The molecule has 2 N–H and O–H groups in total. The molecule has 0 bridgehead atoms. The van der Waals surface area contributed by atoms with Crippen LogP contribution in [-0.2, 0) is 4.79 Å². The normalized spacial score (nSPS) is 14.8. The molecule has 0 spiro atoms. The zero-order valence-electron chi connectivity index (χ0n) is 17.4. The lowest BCUT2D eigenvalue weighted by Crippen LogP contribution is -2.50. The smallest absolute Gasteiger partial charge is 0.221 e. The molecule has 3 rings (SSSR count). The summed E-state index contributed by atoms with van der Waals surface area (Å²) in [4.78, 5) is 19.0. The second-order valence-electron chi connectivity index (χ2n) is 7.53. The topological polar surface area (TPSA) is 55.8 Å². The molecule has 0 unspecified atom stereocenters. The second kappa shape index (κ2) is 10.7. The largest absolute Gasteiger partial charge is 0.396 e. The summed E-state index contributed by atoms with van der Waals surface area (Å²) in [6.07, 6.45) is 0.911. The highest BCUT2D eigenvalue weighted by molar-refractivity contribution is 7.99. The highest BCUT2D eigenvalue weighted by atomic mass is 32.2. The fourth-order valence-corrected chi connectivity index (χ4v) is 4.55. The number of aryl methyl sites for hydroxylation is 2. The standard InChI is InChI=1S/C23H31N3O2S/c1-18-9-10-21(19(2)16-18)29-22-7-4-3-6-20(22)26-13-11-25(12-14-26)17-24-23(28)8-5-15-27/h3-4,6-7,9-10,16,27H,5,8,11-15,17H2,1-2H3,(H,24,28). The van der Waals surface area contributed by atoms with Gasteiger partial charge in [0.2, 0.25) is 5.91 Å². The molecule has 0 aromatic heterocycles. The van der Waals surface area contributed by atoms with E-state index >= 15 is 0 Å². The molecule has 2 aromatic rings. The first-order chi connectivity index (χ1) is 14.1. The predicted molar refractivity (Wildman–Crippen MR) is 120 cm³/mol. The number of para-hydroxylation sites is 1. The van der Waals surface area contributed by atoms with Crippen molar-refractivity contribution in [2.45, 2.75) is 36.5 Å². The average molecular weight is 414 g/mol. The van der Waals surface area contributed by atoms with Gasteiger partial charge in [-0.05, 0) is 44.0 Å². The number of aliphatic hydroxyl groups excluding tert-OH is 1. The Morgan fingerprint density at radius 1 is 1.07 bits per heavy atom. The molecular weight excluding hydrogens is 382 g/mol. The molecule has 0 aliphatic carbocycles. The number of carbonyl (C=O) groups excluding carboxylic acids is 1.